The van der Waals surface area contributed by atoms with Crippen LogP contribution in [0.3, 0.4) is 0 Å². The fourth-order valence-electron chi connectivity index (χ4n) is 5.30. The van der Waals surface area contributed by atoms with Crippen molar-refractivity contribution >= 4 is 11.6 Å². The minimum absolute atomic E-state index is 0.284. The van der Waals surface area contributed by atoms with Gasteiger partial charge in [0.05, 0.1) is 0 Å². The van der Waals surface area contributed by atoms with Crippen molar-refractivity contribution in [2.45, 2.75) is 38.6 Å². The molecule has 0 radical (unpaired) electrons. The number of benzene rings is 1. The highest BCUT2D eigenvalue weighted by Gasteiger charge is 2.50. The molecule has 0 atom stereocenters. The van der Waals surface area contributed by atoms with E-state index in [4.69, 9.17) is 5.73 Å². The van der Waals surface area contributed by atoms with Crippen LogP contribution in [0.2, 0.25) is 0 Å². The minimum Gasteiger partial charge on any atom is -0.399 e. The van der Waals surface area contributed by atoms with Gasteiger partial charge in [0.1, 0.15) is 0 Å². The van der Waals surface area contributed by atoms with Gasteiger partial charge in [-0.2, -0.15) is 0 Å². The van der Waals surface area contributed by atoms with Crippen LogP contribution >= 0.6 is 0 Å². The molecule has 0 aliphatic heterocycles. The number of hydrogen-bond donors (Lipinski definition) is 2. The summed E-state index contributed by atoms with van der Waals surface area (Å²) in [5.74, 6) is 3.75. The van der Waals surface area contributed by atoms with Crippen molar-refractivity contribution < 1.29 is 4.79 Å². The Kier molecular flexibility index (Phi) is 3.16. The molecule has 4 aliphatic rings. The fourth-order valence-corrected chi connectivity index (χ4v) is 5.30. The van der Waals surface area contributed by atoms with Gasteiger partial charge in [-0.05, 0) is 73.5 Å². The highest BCUT2D eigenvalue weighted by atomic mass is 16.1. The van der Waals surface area contributed by atoms with Gasteiger partial charge < -0.3 is 11.1 Å². The van der Waals surface area contributed by atoms with E-state index < -0.39 is 0 Å². The Labute approximate surface area is 126 Å². The predicted octanol–water partition coefficient (Wildman–Crippen LogP) is 2.96. The van der Waals surface area contributed by atoms with E-state index in [0.29, 0.717) is 24.3 Å². The Balaban J connectivity index is 1.40. The van der Waals surface area contributed by atoms with Gasteiger partial charge in [0.2, 0.25) is 5.91 Å². The summed E-state index contributed by atoms with van der Waals surface area (Å²) >= 11 is 0. The number of rotatable bonds is 3. The number of anilines is 1. The van der Waals surface area contributed by atoms with Crippen LogP contribution in [-0.2, 0) is 11.3 Å². The van der Waals surface area contributed by atoms with E-state index in [-0.39, 0.29) is 5.92 Å². The second-order valence-electron chi connectivity index (χ2n) is 7.42. The summed E-state index contributed by atoms with van der Waals surface area (Å²) in [7, 11) is 0. The minimum atomic E-state index is 0.284. The molecule has 3 N–H and O–H groups in total. The lowest BCUT2D eigenvalue weighted by molar-refractivity contribution is -0.138. The monoisotopic (exact) mass is 284 g/mol. The van der Waals surface area contributed by atoms with E-state index in [1.54, 1.807) is 0 Å². The third kappa shape index (κ3) is 2.43. The van der Waals surface area contributed by atoms with E-state index in [1.165, 1.54) is 32.1 Å². The van der Waals surface area contributed by atoms with Gasteiger partial charge in [0, 0.05) is 18.2 Å². The van der Waals surface area contributed by atoms with Crippen LogP contribution in [-0.4, -0.2) is 5.91 Å². The van der Waals surface area contributed by atoms with Crippen molar-refractivity contribution in [1.29, 1.82) is 0 Å². The lowest BCUT2D eigenvalue weighted by atomic mass is 9.51. The van der Waals surface area contributed by atoms with Gasteiger partial charge in [-0.15, -0.1) is 0 Å². The normalized spacial score (nSPS) is 36.7. The zero-order valence-electron chi connectivity index (χ0n) is 12.4. The summed E-state index contributed by atoms with van der Waals surface area (Å²) < 4.78 is 0. The van der Waals surface area contributed by atoms with Gasteiger partial charge in [-0.25, -0.2) is 0 Å². The maximum Gasteiger partial charge on any atom is 0.223 e. The molecule has 0 aromatic heterocycles. The summed E-state index contributed by atoms with van der Waals surface area (Å²) in [4.78, 5) is 12.6. The molecule has 0 saturated heterocycles. The molecule has 4 fully saturated rings. The number of nitrogens with one attached hydrogen (secondary N) is 1. The number of carbonyl (C=O) groups is 1. The molecule has 4 bridgehead atoms. The summed E-state index contributed by atoms with van der Waals surface area (Å²) in [5, 5.41) is 3.17. The molecule has 0 heterocycles. The van der Waals surface area contributed by atoms with Crippen LogP contribution in [0.1, 0.15) is 37.7 Å². The zero-order chi connectivity index (χ0) is 14.4. The van der Waals surface area contributed by atoms with Crippen LogP contribution in [0.4, 0.5) is 5.69 Å². The molecule has 3 nitrogen and oxygen atoms in total. The van der Waals surface area contributed by atoms with Crippen molar-refractivity contribution in [1.82, 2.24) is 5.32 Å². The maximum absolute atomic E-state index is 12.6. The molecule has 4 aliphatic carbocycles. The van der Waals surface area contributed by atoms with Crippen molar-refractivity contribution in [3.8, 4) is 0 Å². The van der Waals surface area contributed by atoms with Crippen molar-refractivity contribution in [3.05, 3.63) is 29.8 Å². The highest BCUT2D eigenvalue weighted by Crippen LogP contribution is 2.56. The lowest BCUT2D eigenvalue weighted by Gasteiger charge is -2.53. The number of amides is 1. The van der Waals surface area contributed by atoms with Gasteiger partial charge >= 0.3 is 0 Å². The zero-order valence-corrected chi connectivity index (χ0v) is 12.4. The van der Waals surface area contributed by atoms with Gasteiger partial charge in [0.25, 0.3) is 0 Å². The van der Waals surface area contributed by atoms with Crippen LogP contribution in [0.25, 0.3) is 0 Å². The molecule has 1 aromatic carbocycles. The molecule has 21 heavy (non-hydrogen) atoms. The van der Waals surface area contributed by atoms with Crippen molar-refractivity contribution in [2.75, 3.05) is 5.73 Å². The first-order valence-electron chi connectivity index (χ1n) is 8.31. The summed E-state index contributed by atoms with van der Waals surface area (Å²) in [6.45, 7) is 0.627. The number of hydrogen-bond acceptors (Lipinski definition) is 2. The molecule has 1 amide bonds. The molecule has 0 unspecified atom stereocenters. The molecular formula is C18H24N2O. The largest absolute Gasteiger partial charge is 0.399 e. The highest BCUT2D eigenvalue weighted by molar-refractivity contribution is 5.79. The van der Waals surface area contributed by atoms with Crippen LogP contribution < -0.4 is 11.1 Å². The molecular weight excluding hydrogens is 260 g/mol. The first kappa shape index (κ1) is 13.2. The molecule has 3 heteroatoms. The van der Waals surface area contributed by atoms with E-state index in [1.807, 2.05) is 24.3 Å². The predicted molar refractivity (Wildman–Crippen MR) is 83.2 cm³/mol. The first-order valence-corrected chi connectivity index (χ1v) is 8.31. The average molecular weight is 284 g/mol. The van der Waals surface area contributed by atoms with Crippen LogP contribution in [0, 0.1) is 29.6 Å². The van der Waals surface area contributed by atoms with Crippen LogP contribution in [0.5, 0.6) is 0 Å². The maximum atomic E-state index is 12.6. The SMILES string of the molecule is Nc1ccc(CNC(=O)C2C3CC4CC(C3)CC2C4)cc1. The Morgan fingerprint density at radius 1 is 1.00 bits per heavy atom. The second-order valence-corrected chi connectivity index (χ2v) is 7.42. The second kappa shape index (κ2) is 5.04. The van der Waals surface area contributed by atoms with Crippen molar-refractivity contribution in [3.63, 3.8) is 0 Å². The molecule has 1 aromatic rings. The fraction of sp³-hybridized carbons (Fsp3) is 0.611. The van der Waals surface area contributed by atoms with Gasteiger partial charge in [0.15, 0.2) is 0 Å². The Morgan fingerprint density at radius 2 is 1.57 bits per heavy atom. The Hall–Kier alpha value is -1.51. The number of nitrogen functional groups attached to an aromatic ring is 1. The van der Waals surface area contributed by atoms with E-state index in [2.05, 4.69) is 5.32 Å². The third-order valence-corrected chi connectivity index (χ3v) is 5.98. The number of nitrogens with two attached hydrogens (primary N) is 1. The van der Waals surface area contributed by atoms with E-state index >= 15 is 0 Å². The summed E-state index contributed by atoms with van der Waals surface area (Å²) in [6, 6.07) is 7.77. The lowest BCUT2D eigenvalue weighted by Crippen LogP contribution is -2.50. The smallest absolute Gasteiger partial charge is 0.223 e. The van der Waals surface area contributed by atoms with E-state index in [9.17, 15) is 4.79 Å². The molecule has 0 spiro atoms. The standard InChI is InChI=1S/C18H24N2O/c19-16-3-1-11(2-4-16)10-20-18(21)17-14-6-12-5-13(8-14)9-15(17)7-12/h1-4,12-15,17H,5-10,19H2,(H,20,21). The Bertz CT molecular complexity index is 509. The van der Waals surface area contributed by atoms with Gasteiger partial charge in [-0.1, -0.05) is 12.1 Å². The average Bonchev–Trinajstić information content (AvgIpc) is 2.45. The molecule has 5 rings (SSSR count). The van der Waals surface area contributed by atoms with E-state index in [0.717, 1.165) is 23.1 Å². The third-order valence-electron chi connectivity index (χ3n) is 5.98. The van der Waals surface area contributed by atoms with Crippen molar-refractivity contribution in [2.24, 2.45) is 29.6 Å². The Morgan fingerprint density at radius 3 is 2.14 bits per heavy atom. The van der Waals surface area contributed by atoms with Gasteiger partial charge in [-0.3, -0.25) is 4.79 Å². The molecule has 4 saturated carbocycles. The first-order chi connectivity index (χ1) is 10.2. The molecule has 112 valence electrons. The summed E-state index contributed by atoms with van der Waals surface area (Å²) in [6.07, 6.45) is 6.63. The number of carbonyl (C=O) groups excluding carboxylic acids is 1. The quantitative estimate of drug-likeness (QED) is 0.838. The summed E-state index contributed by atoms with van der Waals surface area (Å²) in [5.41, 5.74) is 7.59. The van der Waals surface area contributed by atoms with Crippen LogP contribution in [0.15, 0.2) is 24.3 Å². The topological polar surface area (TPSA) is 55.1 Å².